The van der Waals surface area contributed by atoms with Gasteiger partial charge in [0.15, 0.2) is 0 Å². The molecule has 3 aromatic rings. The number of rotatable bonds is 3. The first-order valence-electron chi connectivity index (χ1n) is 8.34. The maximum Gasteiger partial charge on any atom is 0.288 e. The van der Waals surface area contributed by atoms with E-state index >= 15 is 0 Å². The van der Waals surface area contributed by atoms with Crippen molar-refractivity contribution in [3.05, 3.63) is 52.0 Å². The summed E-state index contributed by atoms with van der Waals surface area (Å²) in [5.74, 6) is 0.481. The van der Waals surface area contributed by atoms with E-state index < -0.39 is 5.91 Å². The number of aryl methyl sites for hydroxylation is 2. The number of nitrogens with zero attached hydrogens (tertiary/aromatic N) is 3. The fourth-order valence-electron chi connectivity index (χ4n) is 2.83. The first-order valence-corrected chi connectivity index (χ1v) is 9.15. The lowest BCUT2D eigenvalue weighted by atomic mass is 10.1. The van der Waals surface area contributed by atoms with Crippen molar-refractivity contribution in [2.75, 3.05) is 0 Å². The molecular formula is C18H17N5O2S. The highest BCUT2D eigenvalue weighted by atomic mass is 32.1. The molecule has 0 saturated heterocycles. The molecular weight excluding hydrogens is 350 g/mol. The number of amides is 2. The Morgan fingerprint density at radius 1 is 1.12 bits per heavy atom. The third kappa shape index (κ3) is 3.03. The molecule has 8 heteroatoms. The molecule has 2 N–H and O–H groups in total. The molecule has 132 valence electrons. The maximum atomic E-state index is 12.5. The normalized spacial score (nSPS) is 13.6. The van der Waals surface area contributed by atoms with Crippen LogP contribution in [0.5, 0.6) is 0 Å². The molecule has 1 aliphatic carbocycles. The topological polar surface area (TPSA) is 96.9 Å². The van der Waals surface area contributed by atoms with Crippen LogP contribution >= 0.6 is 11.3 Å². The van der Waals surface area contributed by atoms with Crippen molar-refractivity contribution in [2.45, 2.75) is 32.6 Å². The Morgan fingerprint density at radius 3 is 2.58 bits per heavy atom. The van der Waals surface area contributed by atoms with Crippen LogP contribution in [0, 0.1) is 13.8 Å². The predicted octanol–water partition coefficient (Wildman–Crippen LogP) is 2.66. The third-order valence-electron chi connectivity index (χ3n) is 4.32. The highest BCUT2D eigenvalue weighted by Gasteiger charge is 2.28. The van der Waals surface area contributed by atoms with E-state index in [0.29, 0.717) is 10.8 Å². The molecule has 3 heterocycles. The van der Waals surface area contributed by atoms with Gasteiger partial charge in [0, 0.05) is 17.5 Å². The zero-order chi connectivity index (χ0) is 18.3. The summed E-state index contributed by atoms with van der Waals surface area (Å²) in [7, 11) is 0. The van der Waals surface area contributed by atoms with E-state index in [0.717, 1.165) is 40.1 Å². The van der Waals surface area contributed by atoms with E-state index in [2.05, 4.69) is 25.8 Å². The zero-order valence-electron chi connectivity index (χ0n) is 14.4. The minimum atomic E-state index is -0.468. The largest absolute Gasteiger partial charge is 0.288 e. The summed E-state index contributed by atoms with van der Waals surface area (Å²) in [6.45, 7) is 3.82. The average molecular weight is 367 g/mol. The average Bonchev–Trinajstić information content (AvgIpc) is 3.44. The van der Waals surface area contributed by atoms with Crippen molar-refractivity contribution < 1.29 is 9.59 Å². The van der Waals surface area contributed by atoms with Crippen LogP contribution in [0.25, 0.3) is 10.2 Å². The van der Waals surface area contributed by atoms with Crippen molar-refractivity contribution in [3.8, 4) is 0 Å². The van der Waals surface area contributed by atoms with E-state index in [9.17, 15) is 9.59 Å². The molecule has 0 aliphatic heterocycles. The SMILES string of the molecule is Cc1nc(C2CC2)nc2sc(C(=O)NNC(=O)c3ccccn3)c(C)c12. The summed E-state index contributed by atoms with van der Waals surface area (Å²) >= 11 is 1.32. The van der Waals surface area contributed by atoms with Gasteiger partial charge in [0.2, 0.25) is 0 Å². The van der Waals surface area contributed by atoms with Gasteiger partial charge in [-0.3, -0.25) is 25.4 Å². The number of aromatic nitrogens is 3. The fraction of sp³-hybridized carbons (Fsp3) is 0.278. The maximum absolute atomic E-state index is 12.5. The lowest BCUT2D eigenvalue weighted by molar-refractivity contribution is 0.0846. The molecule has 0 bridgehead atoms. The first kappa shape index (κ1) is 16.6. The van der Waals surface area contributed by atoms with E-state index in [1.165, 1.54) is 17.5 Å². The molecule has 1 fully saturated rings. The Balaban J connectivity index is 1.56. The quantitative estimate of drug-likeness (QED) is 0.694. The number of thiophene rings is 1. The monoisotopic (exact) mass is 367 g/mol. The molecule has 3 aromatic heterocycles. The molecule has 4 rings (SSSR count). The standard InChI is InChI=1S/C18H17N5O2S/c1-9-13-10(2)20-15(11-6-7-11)21-18(13)26-14(9)17(25)23-22-16(24)12-5-3-4-8-19-12/h3-5,8,11H,6-7H2,1-2H3,(H,22,24)(H,23,25). The van der Waals surface area contributed by atoms with Crippen LogP contribution in [0.3, 0.4) is 0 Å². The Morgan fingerprint density at radius 2 is 1.88 bits per heavy atom. The Hall–Kier alpha value is -2.87. The van der Waals surface area contributed by atoms with Gasteiger partial charge < -0.3 is 0 Å². The van der Waals surface area contributed by atoms with Gasteiger partial charge in [-0.2, -0.15) is 0 Å². The smallest absolute Gasteiger partial charge is 0.266 e. The molecule has 26 heavy (non-hydrogen) atoms. The second-order valence-electron chi connectivity index (χ2n) is 6.30. The van der Waals surface area contributed by atoms with Crippen LogP contribution in [-0.2, 0) is 0 Å². The van der Waals surface area contributed by atoms with Crippen molar-refractivity contribution in [1.29, 1.82) is 0 Å². The second kappa shape index (κ2) is 6.45. The van der Waals surface area contributed by atoms with Gasteiger partial charge in [-0.05, 0) is 44.4 Å². The van der Waals surface area contributed by atoms with Crippen molar-refractivity contribution in [1.82, 2.24) is 25.8 Å². The Kier molecular flexibility index (Phi) is 4.12. The van der Waals surface area contributed by atoms with Crippen LogP contribution in [0.4, 0.5) is 0 Å². The van der Waals surface area contributed by atoms with Gasteiger partial charge in [0.05, 0.1) is 10.6 Å². The highest BCUT2D eigenvalue weighted by molar-refractivity contribution is 7.20. The summed E-state index contributed by atoms with van der Waals surface area (Å²) < 4.78 is 0. The molecule has 0 spiro atoms. The number of carbonyl (C=O) groups is 2. The Labute approximate surface area is 153 Å². The van der Waals surface area contributed by atoms with Crippen molar-refractivity contribution >= 4 is 33.4 Å². The fourth-order valence-corrected chi connectivity index (χ4v) is 3.97. The summed E-state index contributed by atoms with van der Waals surface area (Å²) in [5, 5.41) is 0.917. The molecule has 2 amide bonds. The van der Waals surface area contributed by atoms with Crippen molar-refractivity contribution in [3.63, 3.8) is 0 Å². The van der Waals surface area contributed by atoms with Gasteiger partial charge >= 0.3 is 0 Å². The molecule has 7 nitrogen and oxygen atoms in total. The lowest BCUT2D eigenvalue weighted by Crippen LogP contribution is -2.41. The number of fused-ring (bicyclic) bond motifs is 1. The number of nitrogens with one attached hydrogen (secondary N) is 2. The summed E-state index contributed by atoms with van der Waals surface area (Å²) in [4.78, 5) is 39.1. The van der Waals surface area contributed by atoms with Gasteiger partial charge in [-0.25, -0.2) is 9.97 Å². The van der Waals surface area contributed by atoms with Crippen LogP contribution < -0.4 is 10.9 Å². The summed E-state index contributed by atoms with van der Waals surface area (Å²) in [6.07, 6.45) is 3.77. The number of hydrogen-bond donors (Lipinski definition) is 2. The number of pyridine rings is 1. The van der Waals surface area contributed by atoms with Gasteiger partial charge in [-0.1, -0.05) is 6.07 Å². The van der Waals surface area contributed by atoms with Crippen LogP contribution in [0.15, 0.2) is 24.4 Å². The second-order valence-corrected chi connectivity index (χ2v) is 7.30. The lowest BCUT2D eigenvalue weighted by Gasteiger charge is -2.06. The third-order valence-corrected chi connectivity index (χ3v) is 5.51. The number of carbonyl (C=O) groups excluding carboxylic acids is 2. The molecule has 0 radical (unpaired) electrons. The zero-order valence-corrected chi connectivity index (χ0v) is 15.2. The van der Waals surface area contributed by atoms with E-state index in [1.54, 1.807) is 18.2 Å². The van der Waals surface area contributed by atoms with Crippen molar-refractivity contribution in [2.24, 2.45) is 0 Å². The van der Waals surface area contributed by atoms with E-state index in [4.69, 9.17) is 0 Å². The minimum absolute atomic E-state index is 0.233. The first-order chi connectivity index (χ1) is 12.5. The number of hydrogen-bond acceptors (Lipinski definition) is 6. The van der Waals surface area contributed by atoms with Gasteiger partial charge in [-0.15, -0.1) is 11.3 Å². The van der Waals surface area contributed by atoms with E-state index in [-0.39, 0.29) is 11.6 Å². The van der Waals surface area contributed by atoms with Gasteiger partial charge in [0.1, 0.15) is 16.3 Å². The molecule has 0 aromatic carbocycles. The molecule has 0 atom stereocenters. The van der Waals surface area contributed by atoms with Crippen LogP contribution in [0.2, 0.25) is 0 Å². The minimum Gasteiger partial charge on any atom is -0.266 e. The molecule has 1 aliphatic rings. The summed E-state index contributed by atoms with van der Waals surface area (Å²) in [5.41, 5.74) is 6.80. The van der Waals surface area contributed by atoms with Crippen LogP contribution in [0.1, 0.15) is 56.0 Å². The Bertz CT molecular complexity index is 1010. The van der Waals surface area contributed by atoms with Crippen LogP contribution in [-0.4, -0.2) is 26.8 Å². The summed E-state index contributed by atoms with van der Waals surface area (Å²) in [6, 6.07) is 5.00. The number of hydrazine groups is 1. The van der Waals surface area contributed by atoms with Gasteiger partial charge in [0.25, 0.3) is 11.8 Å². The highest BCUT2D eigenvalue weighted by Crippen LogP contribution is 2.40. The molecule has 0 unspecified atom stereocenters. The molecule has 1 saturated carbocycles. The predicted molar refractivity (Wildman–Crippen MR) is 98.0 cm³/mol. The van der Waals surface area contributed by atoms with E-state index in [1.807, 2.05) is 13.8 Å².